The van der Waals surface area contributed by atoms with Crippen LogP contribution in [-0.2, 0) is 30.6 Å². The van der Waals surface area contributed by atoms with Crippen LogP contribution in [0.5, 0.6) is 5.75 Å². The maximum absolute atomic E-state index is 12.4. The fraction of sp³-hybridized carbons (Fsp3) is 0.480. The average Bonchev–Trinajstić information content (AvgIpc) is 2.76. The predicted octanol–water partition coefficient (Wildman–Crippen LogP) is 3.90. The van der Waals surface area contributed by atoms with E-state index in [1.807, 2.05) is 13.0 Å². The van der Waals surface area contributed by atoms with Crippen molar-refractivity contribution in [1.29, 1.82) is 0 Å². The molecule has 0 spiro atoms. The summed E-state index contributed by atoms with van der Waals surface area (Å²) in [6.07, 6.45) is 6.40. The Labute approximate surface area is 174 Å². The maximum atomic E-state index is 12.4. The number of fused-ring (bicyclic) bond motifs is 2. The molecule has 154 valence electrons. The van der Waals surface area contributed by atoms with E-state index >= 15 is 0 Å². The van der Waals surface area contributed by atoms with Gasteiger partial charge in [0, 0.05) is 26.2 Å². The summed E-state index contributed by atoms with van der Waals surface area (Å²) in [7, 11) is 0. The van der Waals surface area contributed by atoms with Gasteiger partial charge in [-0.15, -0.1) is 0 Å². The normalized spacial score (nSPS) is 17.1. The average molecular weight is 393 g/mol. The van der Waals surface area contributed by atoms with Crippen molar-refractivity contribution in [2.45, 2.75) is 58.1 Å². The number of carbonyl (C=O) groups is 1. The molecule has 1 aliphatic heterocycles. The van der Waals surface area contributed by atoms with Crippen LogP contribution in [-0.4, -0.2) is 36.5 Å². The molecule has 29 heavy (non-hydrogen) atoms. The third kappa shape index (κ3) is 5.18. The SMILES string of the molecule is CC(Oc1ccc2c(c1)CCCC2)C(=O)NCCCN1CCc2ccccc2C1. The van der Waals surface area contributed by atoms with Crippen LogP contribution in [0.15, 0.2) is 42.5 Å². The molecule has 0 bridgehead atoms. The largest absolute Gasteiger partial charge is 0.481 e. The molecule has 2 aromatic carbocycles. The summed E-state index contributed by atoms with van der Waals surface area (Å²) in [4.78, 5) is 14.9. The molecule has 4 heteroatoms. The fourth-order valence-electron chi connectivity index (χ4n) is 4.44. The molecule has 2 aromatic rings. The van der Waals surface area contributed by atoms with Crippen molar-refractivity contribution in [3.63, 3.8) is 0 Å². The molecule has 2 aliphatic rings. The first-order valence-electron chi connectivity index (χ1n) is 11.0. The molecule has 1 aliphatic carbocycles. The van der Waals surface area contributed by atoms with E-state index in [0.717, 1.165) is 51.1 Å². The van der Waals surface area contributed by atoms with Gasteiger partial charge in [-0.3, -0.25) is 9.69 Å². The first kappa shape index (κ1) is 20.0. The summed E-state index contributed by atoms with van der Waals surface area (Å²) in [6.45, 7) is 5.64. The Morgan fingerprint density at radius 3 is 2.66 bits per heavy atom. The molecule has 1 atom stereocenters. The van der Waals surface area contributed by atoms with Gasteiger partial charge < -0.3 is 10.1 Å². The van der Waals surface area contributed by atoms with Gasteiger partial charge in [-0.25, -0.2) is 0 Å². The monoisotopic (exact) mass is 392 g/mol. The lowest BCUT2D eigenvalue weighted by molar-refractivity contribution is -0.127. The van der Waals surface area contributed by atoms with Crippen molar-refractivity contribution >= 4 is 5.91 Å². The van der Waals surface area contributed by atoms with Gasteiger partial charge in [0.25, 0.3) is 5.91 Å². The number of benzene rings is 2. The molecule has 4 nitrogen and oxygen atoms in total. The Morgan fingerprint density at radius 2 is 1.79 bits per heavy atom. The van der Waals surface area contributed by atoms with Gasteiger partial charge >= 0.3 is 0 Å². The van der Waals surface area contributed by atoms with E-state index in [1.54, 1.807) is 0 Å². The van der Waals surface area contributed by atoms with E-state index in [-0.39, 0.29) is 5.91 Å². The topological polar surface area (TPSA) is 41.6 Å². The minimum Gasteiger partial charge on any atom is -0.481 e. The van der Waals surface area contributed by atoms with E-state index in [0.29, 0.717) is 6.54 Å². The molecular formula is C25H32N2O2. The summed E-state index contributed by atoms with van der Waals surface area (Å²) in [5, 5.41) is 3.03. The van der Waals surface area contributed by atoms with Gasteiger partial charge in [0.15, 0.2) is 6.10 Å². The van der Waals surface area contributed by atoms with Gasteiger partial charge in [0.1, 0.15) is 5.75 Å². The summed E-state index contributed by atoms with van der Waals surface area (Å²) in [6, 6.07) is 15.0. The smallest absolute Gasteiger partial charge is 0.260 e. The maximum Gasteiger partial charge on any atom is 0.260 e. The quantitative estimate of drug-likeness (QED) is 0.727. The number of amides is 1. The van der Waals surface area contributed by atoms with Crippen LogP contribution in [0.2, 0.25) is 0 Å². The Morgan fingerprint density at radius 1 is 1.03 bits per heavy atom. The third-order valence-corrected chi connectivity index (χ3v) is 6.16. The zero-order valence-electron chi connectivity index (χ0n) is 17.5. The summed E-state index contributed by atoms with van der Waals surface area (Å²) in [5.41, 5.74) is 5.73. The lowest BCUT2D eigenvalue weighted by Crippen LogP contribution is -2.38. The highest BCUT2D eigenvalue weighted by Gasteiger charge is 2.17. The van der Waals surface area contributed by atoms with Crippen molar-refractivity contribution in [1.82, 2.24) is 10.2 Å². The highest BCUT2D eigenvalue weighted by atomic mass is 16.5. The standard InChI is InChI=1S/C25H32N2O2/c1-19(29-24-12-11-20-7-2-4-9-22(20)17-24)25(28)26-14-6-15-27-16-13-21-8-3-5-10-23(21)18-27/h3,5,8,10-12,17,19H,2,4,6-7,9,13-16,18H2,1H3,(H,26,28). The Balaban J connectivity index is 1.18. The van der Waals surface area contributed by atoms with Crippen molar-refractivity contribution in [3.05, 3.63) is 64.7 Å². The second-order valence-electron chi connectivity index (χ2n) is 8.34. The highest BCUT2D eigenvalue weighted by Crippen LogP contribution is 2.26. The highest BCUT2D eigenvalue weighted by molar-refractivity contribution is 5.80. The van der Waals surface area contributed by atoms with E-state index in [2.05, 4.69) is 46.6 Å². The van der Waals surface area contributed by atoms with Crippen molar-refractivity contribution in [3.8, 4) is 5.75 Å². The second kappa shape index (κ2) is 9.45. The van der Waals surface area contributed by atoms with Gasteiger partial charge in [-0.2, -0.15) is 0 Å². The molecule has 1 unspecified atom stereocenters. The molecule has 1 heterocycles. The molecule has 0 saturated carbocycles. The molecule has 0 radical (unpaired) electrons. The van der Waals surface area contributed by atoms with E-state index in [4.69, 9.17) is 4.74 Å². The van der Waals surface area contributed by atoms with Gasteiger partial charge in [-0.1, -0.05) is 30.3 Å². The van der Waals surface area contributed by atoms with Gasteiger partial charge in [-0.05, 0) is 79.8 Å². The van der Waals surface area contributed by atoms with Gasteiger partial charge in [0.2, 0.25) is 0 Å². The number of ether oxygens (including phenoxy) is 1. The van der Waals surface area contributed by atoms with Crippen LogP contribution in [0, 0.1) is 0 Å². The van der Waals surface area contributed by atoms with E-state index in [1.165, 1.54) is 35.1 Å². The number of rotatable bonds is 7. The molecule has 0 saturated heterocycles. The van der Waals surface area contributed by atoms with Crippen LogP contribution in [0.25, 0.3) is 0 Å². The fourth-order valence-corrected chi connectivity index (χ4v) is 4.44. The predicted molar refractivity (Wildman–Crippen MR) is 116 cm³/mol. The minimum absolute atomic E-state index is 0.0355. The first-order valence-corrected chi connectivity index (χ1v) is 11.0. The Hall–Kier alpha value is -2.33. The number of aryl methyl sites for hydroxylation is 2. The lowest BCUT2D eigenvalue weighted by Gasteiger charge is -2.28. The van der Waals surface area contributed by atoms with Crippen LogP contribution >= 0.6 is 0 Å². The zero-order valence-corrected chi connectivity index (χ0v) is 17.5. The van der Waals surface area contributed by atoms with Crippen LogP contribution in [0.1, 0.15) is 48.4 Å². The third-order valence-electron chi connectivity index (χ3n) is 6.16. The Bertz CT molecular complexity index is 848. The number of carbonyl (C=O) groups excluding carboxylic acids is 1. The van der Waals surface area contributed by atoms with Crippen molar-refractivity contribution in [2.75, 3.05) is 19.6 Å². The molecule has 1 N–H and O–H groups in total. The first-order chi connectivity index (χ1) is 14.2. The van der Waals surface area contributed by atoms with E-state index < -0.39 is 6.10 Å². The number of nitrogens with zero attached hydrogens (tertiary/aromatic N) is 1. The minimum atomic E-state index is -0.474. The van der Waals surface area contributed by atoms with Crippen molar-refractivity contribution in [2.24, 2.45) is 0 Å². The van der Waals surface area contributed by atoms with Gasteiger partial charge in [0.05, 0.1) is 0 Å². The Kier molecular flexibility index (Phi) is 6.50. The summed E-state index contributed by atoms with van der Waals surface area (Å²) < 4.78 is 5.91. The number of nitrogens with one attached hydrogen (secondary N) is 1. The molecular weight excluding hydrogens is 360 g/mol. The van der Waals surface area contributed by atoms with Crippen LogP contribution in [0.4, 0.5) is 0 Å². The number of hydrogen-bond donors (Lipinski definition) is 1. The molecule has 0 fully saturated rings. The second-order valence-corrected chi connectivity index (χ2v) is 8.34. The number of hydrogen-bond acceptors (Lipinski definition) is 3. The van der Waals surface area contributed by atoms with Crippen LogP contribution < -0.4 is 10.1 Å². The van der Waals surface area contributed by atoms with E-state index in [9.17, 15) is 4.79 Å². The molecule has 4 rings (SSSR count). The summed E-state index contributed by atoms with van der Waals surface area (Å²) >= 11 is 0. The zero-order chi connectivity index (χ0) is 20.1. The summed E-state index contributed by atoms with van der Waals surface area (Å²) in [5.74, 6) is 0.770. The lowest BCUT2D eigenvalue weighted by atomic mass is 9.92. The molecule has 1 amide bonds. The van der Waals surface area contributed by atoms with Crippen molar-refractivity contribution < 1.29 is 9.53 Å². The van der Waals surface area contributed by atoms with Crippen LogP contribution in [0.3, 0.4) is 0 Å². The molecule has 0 aromatic heterocycles.